The van der Waals surface area contributed by atoms with E-state index in [9.17, 15) is 18.0 Å². The van der Waals surface area contributed by atoms with E-state index in [4.69, 9.17) is 10.5 Å². The Labute approximate surface area is 227 Å². The molecule has 1 amide bonds. The zero-order chi connectivity index (χ0) is 28.2. The third-order valence-electron chi connectivity index (χ3n) is 7.28. The molecule has 9 nitrogen and oxygen atoms in total. The summed E-state index contributed by atoms with van der Waals surface area (Å²) in [5, 5.41) is 3.87. The molecule has 40 heavy (non-hydrogen) atoms. The van der Waals surface area contributed by atoms with Gasteiger partial charge < -0.3 is 15.4 Å². The summed E-state index contributed by atoms with van der Waals surface area (Å²) in [7, 11) is 0. The lowest BCUT2D eigenvalue weighted by Gasteiger charge is -2.22. The molecule has 6 rings (SSSR count). The predicted octanol–water partition coefficient (Wildman–Crippen LogP) is 4.14. The van der Waals surface area contributed by atoms with E-state index in [2.05, 4.69) is 20.1 Å². The molecule has 2 N–H and O–H groups in total. The number of ether oxygens (including phenoxy) is 1. The van der Waals surface area contributed by atoms with E-state index < -0.39 is 23.6 Å². The van der Waals surface area contributed by atoms with Gasteiger partial charge in [0.2, 0.25) is 11.8 Å². The maximum absolute atomic E-state index is 13.7. The van der Waals surface area contributed by atoms with E-state index in [1.807, 2.05) is 19.9 Å². The zero-order valence-electron chi connectivity index (χ0n) is 21.7. The van der Waals surface area contributed by atoms with E-state index in [1.54, 1.807) is 29.2 Å². The molecule has 0 spiro atoms. The molecule has 1 aliphatic heterocycles. The van der Waals surface area contributed by atoms with Crippen molar-refractivity contribution in [1.29, 1.82) is 0 Å². The number of hydrogen-bond donors (Lipinski definition) is 1. The topological polar surface area (TPSA) is 112 Å². The van der Waals surface area contributed by atoms with Crippen molar-refractivity contribution in [3.05, 3.63) is 83.7 Å². The van der Waals surface area contributed by atoms with Crippen molar-refractivity contribution < 1.29 is 22.7 Å². The van der Waals surface area contributed by atoms with Crippen LogP contribution in [0.2, 0.25) is 0 Å². The van der Waals surface area contributed by atoms with E-state index >= 15 is 0 Å². The second-order valence-corrected chi connectivity index (χ2v) is 10.7. The van der Waals surface area contributed by atoms with Crippen molar-refractivity contribution in [3.63, 3.8) is 0 Å². The van der Waals surface area contributed by atoms with Crippen LogP contribution >= 0.6 is 0 Å². The number of nitrogens with zero attached hydrogens (tertiary/aromatic N) is 6. The summed E-state index contributed by atoms with van der Waals surface area (Å²) in [4.78, 5) is 27.4. The zero-order valence-corrected chi connectivity index (χ0v) is 21.7. The van der Waals surface area contributed by atoms with Crippen LogP contribution in [0.1, 0.15) is 41.9 Å². The van der Waals surface area contributed by atoms with E-state index in [0.717, 1.165) is 15.8 Å². The first-order valence-electron chi connectivity index (χ1n) is 12.8. The third-order valence-corrected chi connectivity index (χ3v) is 7.28. The van der Waals surface area contributed by atoms with Crippen molar-refractivity contribution >= 4 is 5.91 Å². The van der Waals surface area contributed by atoms with Crippen molar-refractivity contribution in [1.82, 2.24) is 29.6 Å². The van der Waals surface area contributed by atoms with Crippen molar-refractivity contribution in [2.24, 2.45) is 17.6 Å². The summed E-state index contributed by atoms with van der Waals surface area (Å²) < 4.78 is 48.3. The lowest BCUT2D eigenvalue weighted by Crippen LogP contribution is -2.33. The standard InChI is InChI=1S/C28H26F3N7O2/c1-28(2,32)16-10-21(15-4-6-17(29)7-5-15)35-22(11-16)40-24-18-12-37(13-19(18)24)26(39)20-14-38(36-23(20)25(30)31)27-33-8-3-9-34-27/h3-11,14,18-19,24-25H,12-13,32H2,1-2H3. The molecule has 2 aliphatic rings. The van der Waals surface area contributed by atoms with Gasteiger partial charge in [-0.25, -0.2) is 32.8 Å². The highest BCUT2D eigenvalue weighted by atomic mass is 19.3. The van der Waals surface area contributed by atoms with Crippen LogP contribution < -0.4 is 10.5 Å². The molecule has 2 unspecified atom stereocenters. The Balaban J connectivity index is 1.18. The first-order valence-corrected chi connectivity index (χ1v) is 12.8. The predicted molar refractivity (Wildman–Crippen MR) is 138 cm³/mol. The van der Waals surface area contributed by atoms with Gasteiger partial charge in [-0.3, -0.25) is 4.79 Å². The molecule has 12 heteroatoms. The van der Waals surface area contributed by atoms with Crippen LogP contribution in [-0.2, 0) is 5.54 Å². The third kappa shape index (κ3) is 4.90. The summed E-state index contributed by atoms with van der Waals surface area (Å²) in [6, 6.07) is 11.3. The fourth-order valence-corrected chi connectivity index (χ4v) is 5.05. The first kappa shape index (κ1) is 25.9. The smallest absolute Gasteiger partial charge is 0.282 e. The number of alkyl halides is 2. The van der Waals surface area contributed by atoms with Crippen LogP contribution in [0.3, 0.4) is 0 Å². The minimum Gasteiger partial charge on any atom is -0.474 e. The first-order chi connectivity index (χ1) is 19.1. The average Bonchev–Trinajstić information content (AvgIpc) is 3.29. The lowest BCUT2D eigenvalue weighted by molar-refractivity contribution is 0.0739. The van der Waals surface area contributed by atoms with Gasteiger partial charge >= 0.3 is 0 Å². The Kier molecular flexibility index (Phi) is 6.29. The second kappa shape index (κ2) is 9.70. The summed E-state index contributed by atoms with van der Waals surface area (Å²) in [5.74, 6) is -0.309. The number of aromatic nitrogens is 5. The van der Waals surface area contributed by atoms with Crippen LogP contribution in [0.15, 0.2) is 61.1 Å². The Morgan fingerprint density at radius 3 is 2.40 bits per heavy atom. The number of amides is 1. The molecular formula is C28H26F3N7O2. The van der Waals surface area contributed by atoms with Gasteiger partial charge in [0.15, 0.2) is 0 Å². The Bertz CT molecular complexity index is 1540. The van der Waals surface area contributed by atoms with Crippen LogP contribution in [0.4, 0.5) is 13.2 Å². The summed E-state index contributed by atoms with van der Waals surface area (Å²) in [6.45, 7) is 4.46. The van der Waals surface area contributed by atoms with Gasteiger partial charge in [-0.05, 0) is 55.8 Å². The van der Waals surface area contributed by atoms with Crippen LogP contribution in [0.5, 0.6) is 5.88 Å². The number of pyridine rings is 1. The maximum atomic E-state index is 13.7. The van der Waals surface area contributed by atoms with Gasteiger partial charge in [0.05, 0.1) is 11.3 Å². The van der Waals surface area contributed by atoms with Gasteiger partial charge in [0, 0.05) is 60.7 Å². The molecular weight excluding hydrogens is 523 g/mol. The molecule has 2 fully saturated rings. The number of rotatable bonds is 7. The number of hydrogen-bond acceptors (Lipinski definition) is 7. The number of benzene rings is 1. The second-order valence-electron chi connectivity index (χ2n) is 10.7. The van der Waals surface area contributed by atoms with Crippen molar-refractivity contribution in [3.8, 4) is 23.1 Å². The van der Waals surface area contributed by atoms with Gasteiger partial charge in [0.25, 0.3) is 12.3 Å². The summed E-state index contributed by atoms with van der Waals surface area (Å²) in [6.07, 6.45) is 1.06. The van der Waals surface area contributed by atoms with E-state index in [1.165, 1.54) is 30.7 Å². The van der Waals surface area contributed by atoms with E-state index in [-0.39, 0.29) is 35.3 Å². The fourth-order valence-electron chi connectivity index (χ4n) is 5.05. The normalized spacial score (nSPS) is 20.1. The van der Waals surface area contributed by atoms with Crippen LogP contribution in [-0.4, -0.2) is 54.7 Å². The number of likely N-dealkylation sites (tertiary alicyclic amines) is 1. The average molecular weight is 550 g/mol. The SMILES string of the molecule is CC(C)(N)c1cc(OC2C3CN(C(=O)c4cn(-c5ncccn5)nc4C(F)F)CC32)nc(-c2ccc(F)cc2)c1. The molecule has 3 aromatic heterocycles. The minimum atomic E-state index is -2.93. The number of halogens is 3. The minimum absolute atomic E-state index is 0.0389. The highest BCUT2D eigenvalue weighted by Crippen LogP contribution is 2.48. The Hall–Kier alpha value is -4.32. The van der Waals surface area contributed by atoms with Crippen molar-refractivity contribution in [2.75, 3.05) is 13.1 Å². The molecule has 2 atom stereocenters. The summed E-state index contributed by atoms with van der Waals surface area (Å²) >= 11 is 0. The molecule has 1 saturated heterocycles. The maximum Gasteiger partial charge on any atom is 0.282 e. The van der Waals surface area contributed by atoms with Crippen molar-refractivity contribution in [2.45, 2.75) is 31.9 Å². The number of piperidine rings is 1. The molecule has 1 saturated carbocycles. The van der Waals surface area contributed by atoms with Gasteiger partial charge in [0.1, 0.15) is 17.6 Å². The molecule has 1 aromatic carbocycles. The Morgan fingerprint density at radius 2 is 1.77 bits per heavy atom. The van der Waals surface area contributed by atoms with Crippen LogP contribution in [0, 0.1) is 17.7 Å². The highest BCUT2D eigenvalue weighted by Gasteiger charge is 2.59. The molecule has 206 valence electrons. The molecule has 1 aliphatic carbocycles. The Morgan fingerprint density at radius 1 is 1.10 bits per heavy atom. The summed E-state index contributed by atoms with van der Waals surface area (Å²) in [5.41, 5.74) is 7.04. The fraction of sp³-hybridized carbons (Fsp3) is 0.321. The number of nitrogens with two attached hydrogens (primary N) is 1. The van der Waals surface area contributed by atoms with Crippen LogP contribution in [0.25, 0.3) is 17.2 Å². The molecule has 0 bridgehead atoms. The molecule has 4 heterocycles. The quantitative estimate of drug-likeness (QED) is 0.369. The van der Waals surface area contributed by atoms with Gasteiger partial charge in [-0.2, -0.15) is 5.10 Å². The van der Waals surface area contributed by atoms with Gasteiger partial charge in [-0.15, -0.1) is 0 Å². The lowest BCUT2D eigenvalue weighted by atomic mass is 9.95. The van der Waals surface area contributed by atoms with E-state index in [0.29, 0.717) is 24.7 Å². The largest absolute Gasteiger partial charge is 0.474 e. The molecule has 4 aromatic rings. The van der Waals surface area contributed by atoms with Gasteiger partial charge in [-0.1, -0.05) is 0 Å². The monoisotopic (exact) mass is 549 g/mol. The highest BCUT2D eigenvalue weighted by molar-refractivity contribution is 5.95. The molecule has 0 radical (unpaired) electrons. The number of carbonyl (C=O) groups is 1. The number of carbonyl (C=O) groups excluding carboxylic acids is 1. The number of fused-ring (bicyclic) bond motifs is 1.